The number of aliphatic hydroxyl groups excluding tert-OH is 3. The summed E-state index contributed by atoms with van der Waals surface area (Å²) < 4.78 is 54.0. The molecule has 0 saturated carbocycles. The average molecular weight is 342 g/mol. The van der Waals surface area contributed by atoms with Crippen LogP contribution >= 0.6 is 7.60 Å². The maximum Gasteiger partial charge on any atom is 0.422 e. The van der Waals surface area contributed by atoms with Crippen molar-refractivity contribution < 1.29 is 57.8 Å². The normalized spacial score (nSPS) is 43.7. The van der Waals surface area contributed by atoms with Crippen molar-refractivity contribution in [3.8, 4) is 0 Å². The SMILES string of the molecule is C[C@@]1(O)C(O)O[C@H](C(O)P(=O)(O)O)[C@](O)(C(F)(F)F)[C@@H]1O. The second-order valence-corrected chi connectivity index (χ2v) is 6.57. The fraction of sp³-hybridized carbons (Fsp3) is 1.00. The Hall–Kier alpha value is -0.300. The van der Waals surface area contributed by atoms with Gasteiger partial charge in [-0.1, -0.05) is 0 Å². The van der Waals surface area contributed by atoms with E-state index in [-0.39, 0.29) is 0 Å². The van der Waals surface area contributed by atoms with E-state index >= 15 is 0 Å². The Morgan fingerprint density at radius 2 is 1.67 bits per heavy atom. The number of hydrogen-bond donors (Lipinski definition) is 7. The standard InChI is InChI=1S/C8H14F3O9P/c1-6(15)4(13)7(16,8(9,10)11)2(20-5(6)14)3(12)21(17,18)19/h2-5,12-16H,1H3,(H2,17,18,19)/t2-,3?,4-,5?,6+,7-/m1/s1. The molecule has 126 valence electrons. The van der Waals surface area contributed by atoms with Gasteiger partial charge in [0.05, 0.1) is 0 Å². The first-order valence-electron chi connectivity index (χ1n) is 5.34. The van der Waals surface area contributed by atoms with Crippen LogP contribution in [0.3, 0.4) is 0 Å². The summed E-state index contributed by atoms with van der Waals surface area (Å²) in [5.74, 6) is -3.20. The van der Waals surface area contributed by atoms with Crippen LogP contribution in [0.15, 0.2) is 0 Å². The van der Waals surface area contributed by atoms with Gasteiger partial charge in [0.1, 0.15) is 17.8 Å². The van der Waals surface area contributed by atoms with Gasteiger partial charge in [0, 0.05) is 0 Å². The maximum absolute atomic E-state index is 13.0. The summed E-state index contributed by atoms with van der Waals surface area (Å²) in [7, 11) is -5.60. The highest BCUT2D eigenvalue weighted by atomic mass is 31.2. The van der Waals surface area contributed by atoms with Crippen molar-refractivity contribution in [2.75, 3.05) is 0 Å². The van der Waals surface area contributed by atoms with Crippen molar-refractivity contribution in [1.29, 1.82) is 0 Å². The lowest BCUT2D eigenvalue weighted by Gasteiger charge is -2.52. The Balaban J connectivity index is 3.44. The van der Waals surface area contributed by atoms with Crippen molar-refractivity contribution in [1.82, 2.24) is 0 Å². The van der Waals surface area contributed by atoms with Gasteiger partial charge in [-0.3, -0.25) is 4.57 Å². The van der Waals surface area contributed by atoms with Crippen LogP contribution in [0.1, 0.15) is 6.92 Å². The van der Waals surface area contributed by atoms with Gasteiger partial charge in [0.2, 0.25) is 5.60 Å². The highest BCUT2D eigenvalue weighted by Gasteiger charge is 2.74. The third kappa shape index (κ3) is 2.83. The molecule has 0 aromatic rings. The van der Waals surface area contributed by atoms with Crippen molar-refractivity contribution in [3.05, 3.63) is 0 Å². The summed E-state index contributed by atoms with van der Waals surface area (Å²) in [5, 5.41) is 47.3. The van der Waals surface area contributed by atoms with Crippen molar-refractivity contribution in [3.63, 3.8) is 0 Å². The lowest BCUT2D eigenvalue weighted by Crippen LogP contribution is -2.77. The quantitative estimate of drug-likeness (QED) is 0.271. The second kappa shape index (κ2) is 5.11. The van der Waals surface area contributed by atoms with Crippen LogP contribution in [0.2, 0.25) is 0 Å². The van der Waals surface area contributed by atoms with E-state index in [0.717, 1.165) is 0 Å². The first kappa shape index (κ1) is 18.7. The Kier molecular flexibility index (Phi) is 4.57. The van der Waals surface area contributed by atoms with E-state index in [4.69, 9.17) is 9.79 Å². The van der Waals surface area contributed by atoms with E-state index in [1.165, 1.54) is 0 Å². The molecule has 9 nitrogen and oxygen atoms in total. The van der Waals surface area contributed by atoms with E-state index in [1.807, 2.05) is 0 Å². The largest absolute Gasteiger partial charge is 0.422 e. The molecule has 0 spiro atoms. The molecule has 1 heterocycles. The molecule has 7 N–H and O–H groups in total. The zero-order valence-electron chi connectivity index (χ0n) is 10.3. The van der Waals surface area contributed by atoms with E-state index in [1.54, 1.807) is 0 Å². The summed E-state index contributed by atoms with van der Waals surface area (Å²) in [6.07, 6.45) is -14.6. The molecule has 1 fully saturated rings. The monoisotopic (exact) mass is 342 g/mol. The number of ether oxygens (including phenoxy) is 1. The second-order valence-electron chi connectivity index (χ2n) is 4.86. The van der Waals surface area contributed by atoms with Crippen LogP contribution in [0.25, 0.3) is 0 Å². The highest BCUT2D eigenvalue weighted by molar-refractivity contribution is 7.52. The molecule has 0 aromatic carbocycles. The Labute approximate surface area is 115 Å². The Morgan fingerprint density at radius 3 is 2.00 bits per heavy atom. The van der Waals surface area contributed by atoms with Gasteiger partial charge < -0.3 is 40.1 Å². The number of hydrogen-bond acceptors (Lipinski definition) is 7. The fourth-order valence-corrected chi connectivity index (χ4v) is 2.56. The zero-order chi connectivity index (χ0) is 17.0. The van der Waals surface area contributed by atoms with Gasteiger partial charge in [-0.2, -0.15) is 13.2 Å². The summed E-state index contributed by atoms with van der Waals surface area (Å²) in [6.45, 7) is 0.499. The Morgan fingerprint density at radius 1 is 1.24 bits per heavy atom. The number of alkyl halides is 3. The van der Waals surface area contributed by atoms with Crippen LogP contribution in [-0.4, -0.2) is 77.0 Å². The van der Waals surface area contributed by atoms with Gasteiger partial charge in [0.25, 0.3) is 0 Å². The van der Waals surface area contributed by atoms with Crippen LogP contribution in [0, 0.1) is 0 Å². The van der Waals surface area contributed by atoms with E-state index in [0.29, 0.717) is 6.92 Å². The molecule has 0 amide bonds. The van der Waals surface area contributed by atoms with Crippen LogP contribution in [-0.2, 0) is 9.30 Å². The van der Waals surface area contributed by atoms with Gasteiger partial charge in [-0.05, 0) is 6.92 Å². The summed E-state index contributed by atoms with van der Waals surface area (Å²) in [6, 6.07) is 0. The van der Waals surface area contributed by atoms with Crippen LogP contribution < -0.4 is 0 Å². The molecule has 1 aliphatic heterocycles. The molecule has 0 radical (unpaired) electrons. The molecule has 6 atom stereocenters. The first-order valence-corrected chi connectivity index (χ1v) is 7.02. The van der Waals surface area contributed by atoms with Crippen molar-refractivity contribution in [2.24, 2.45) is 0 Å². The molecule has 0 aliphatic carbocycles. The minimum Gasteiger partial charge on any atom is -0.386 e. The van der Waals surface area contributed by atoms with Gasteiger partial charge in [-0.25, -0.2) is 0 Å². The molecular formula is C8H14F3O9P. The van der Waals surface area contributed by atoms with Crippen LogP contribution in [0.5, 0.6) is 0 Å². The van der Waals surface area contributed by atoms with Crippen molar-refractivity contribution in [2.45, 2.75) is 48.6 Å². The third-order valence-corrected chi connectivity index (χ3v) is 4.21. The molecule has 1 rings (SSSR count). The molecule has 21 heavy (non-hydrogen) atoms. The zero-order valence-corrected chi connectivity index (χ0v) is 11.2. The van der Waals surface area contributed by atoms with Gasteiger partial charge >= 0.3 is 13.8 Å². The van der Waals surface area contributed by atoms with Gasteiger partial charge in [-0.15, -0.1) is 0 Å². The Bertz CT molecular complexity index is 449. The number of halogens is 3. The smallest absolute Gasteiger partial charge is 0.386 e. The van der Waals surface area contributed by atoms with Gasteiger partial charge in [0.15, 0.2) is 12.1 Å². The molecular weight excluding hydrogens is 328 g/mol. The molecule has 1 aliphatic rings. The summed E-state index contributed by atoms with van der Waals surface area (Å²) >= 11 is 0. The fourth-order valence-electron chi connectivity index (χ4n) is 1.91. The molecule has 2 unspecified atom stereocenters. The maximum atomic E-state index is 13.0. The topological polar surface area (TPSA) is 168 Å². The highest BCUT2D eigenvalue weighted by Crippen LogP contribution is 2.52. The molecule has 0 bridgehead atoms. The summed E-state index contributed by atoms with van der Waals surface area (Å²) in [4.78, 5) is 17.4. The lowest BCUT2D eigenvalue weighted by atomic mass is 9.77. The molecule has 0 aromatic heterocycles. The van der Waals surface area contributed by atoms with Crippen molar-refractivity contribution >= 4 is 7.60 Å². The molecule has 13 heteroatoms. The minimum atomic E-state index is -5.75. The lowest BCUT2D eigenvalue weighted by molar-refractivity contribution is -0.414. The molecule has 1 saturated heterocycles. The van der Waals surface area contributed by atoms with E-state index in [9.17, 15) is 43.3 Å². The third-order valence-electron chi connectivity index (χ3n) is 3.25. The van der Waals surface area contributed by atoms with E-state index < -0.39 is 49.3 Å². The van der Waals surface area contributed by atoms with E-state index in [2.05, 4.69) is 4.74 Å². The first-order chi connectivity index (χ1) is 9.08. The van der Waals surface area contributed by atoms with Crippen LogP contribution in [0.4, 0.5) is 13.2 Å². The number of aliphatic hydroxyl groups is 5. The predicted octanol–water partition coefficient (Wildman–Crippen LogP) is -2.40. The minimum absolute atomic E-state index is 0.499. The average Bonchev–Trinajstić information content (AvgIpc) is 2.28. The predicted molar refractivity (Wildman–Crippen MR) is 56.6 cm³/mol. The summed E-state index contributed by atoms with van der Waals surface area (Å²) in [5.41, 5.74) is -7.45. The number of rotatable bonds is 2.